The van der Waals surface area contributed by atoms with Crippen LogP contribution in [0.5, 0.6) is 0 Å². The SMILES string of the molecule is CNCCC(C)(C)CC(C)(C)C[C@@H](NC)C(C)=O. The fourth-order valence-corrected chi connectivity index (χ4v) is 2.92. The van der Waals surface area contributed by atoms with E-state index in [2.05, 4.69) is 38.3 Å². The Labute approximate surface area is 113 Å². The summed E-state index contributed by atoms with van der Waals surface area (Å²) in [6, 6.07) is -0.0138. The Morgan fingerprint density at radius 2 is 1.67 bits per heavy atom. The quantitative estimate of drug-likeness (QED) is 0.666. The van der Waals surface area contributed by atoms with Crippen LogP contribution in [0, 0.1) is 10.8 Å². The first-order valence-electron chi connectivity index (χ1n) is 6.96. The number of hydrogen-bond acceptors (Lipinski definition) is 3. The molecule has 0 aromatic carbocycles. The van der Waals surface area contributed by atoms with E-state index < -0.39 is 0 Å². The summed E-state index contributed by atoms with van der Waals surface area (Å²) in [6.45, 7) is 11.9. The summed E-state index contributed by atoms with van der Waals surface area (Å²) in [4.78, 5) is 11.5. The van der Waals surface area contributed by atoms with E-state index in [0.29, 0.717) is 5.41 Å². The van der Waals surface area contributed by atoms with Gasteiger partial charge in [0.2, 0.25) is 0 Å². The highest BCUT2D eigenvalue weighted by Crippen LogP contribution is 2.38. The molecule has 0 aliphatic carbocycles. The molecule has 0 aromatic heterocycles. The maximum Gasteiger partial charge on any atom is 0.146 e. The summed E-state index contributed by atoms with van der Waals surface area (Å²) in [5, 5.41) is 6.34. The van der Waals surface area contributed by atoms with Crippen molar-refractivity contribution in [1.82, 2.24) is 10.6 Å². The Morgan fingerprint density at radius 1 is 1.11 bits per heavy atom. The minimum absolute atomic E-state index is 0.0138. The Balaban J connectivity index is 4.48. The summed E-state index contributed by atoms with van der Waals surface area (Å²) in [7, 11) is 3.86. The Bertz CT molecular complexity index is 259. The minimum atomic E-state index is -0.0138. The number of carbonyl (C=O) groups excluding carboxylic acids is 1. The summed E-state index contributed by atoms with van der Waals surface area (Å²) in [5.74, 6) is 0.235. The van der Waals surface area contributed by atoms with Crippen LogP contribution in [0.4, 0.5) is 0 Å². The molecule has 0 saturated heterocycles. The van der Waals surface area contributed by atoms with Crippen molar-refractivity contribution in [3.63, 3.8) is 0 Å². The van der Waals surface area contributed by atoms with E-state index in [1.165, 1.54) is 0 Å². The molecule has 3 heteroatoms. The third kappa shape index (κ3) is 7.12. The first-order valence-corrected chi connectivity index (χ1v) is 6.96. The van der Waals surface area contributed by atoms with Crippen molar-refractivity contribution in [1.29, 1.82) is 0 Å². The molecule has 0 saturated carbocycles. The van der Waals surface area contributed by atoms with Crippen LogP contribution in [0.2, 0.25) is 0 Å². The zero-order valence-corrected chi connectivity index (χ0v) is 13.3. The number of hydrogen-bond donors (Lipinski definition) is 2. The van der Waals surface area contributed by atoms with Crippen molar-refractivity contribution in [2.75, 3.05) is 20.6 Å². The molecule has 2 N–H and O–H groups in total. The van der Waals surface area contributed by atoms with Gasteiger partial charge in [0, 0.05) is 0 Å². The van der Waals surface area contributed by atoms with Gasteiger partial charge in [-0.05, 0) is 57.7 Å². The highest BCUT2D eigenvalue weighted by molar-refractivity contribution is 5.81. The largest absolute Gasteiger partial charge is 0.320 e. The lowest BCUT2D eigenvalue weighted by molar-refractivity contribution is -0.119. The molecule has 0 aliphatic heterocycles. The van der Waals surface area contributed by atoms with E-state index in [1.54, 1.807) is 6.92 Å². The lowest BCUT2D eigenvalue weighted by Crippen LogP contribution is -2.38. The van der Waals surface area contributed by atoms with Crippen LogP contribution in [0.25, 0.3) is 0 Å². The third-order valence-corrected chi connectivity index (χ3v) is 3.60. The van der Waals surface area contributed by atoms with E-state index in [4.69, 9.17) is 0 Å². The first kappa shape index (κ1) is 17.6. The van der Waals surface area contributed by atoms with Crippen LogP contribution in [0.1, 0.15) is 53.9 Å². The van der Waals surface area contributed by atoms with Gasteiger partial charge in [-0.1, -0.05) is 27.7 Å². The third-order valence-electron chi connectivity index (χ3n) is 3.60. The molecule has 3 nitrogen and oxygen atoms in total. The highest BCUT2D eigenvalue weighted by atomic mass is 16.1. The monoisotopic (exact) mass is 256 g/mol. The summed E-state index contributed by atoms with van der Waals surface area (Å²) >= 11 is 0. The molecule has 18 heavy (non-hydrogen) atoms. The smallest absolute Gasteiger partial charge is 0.146 e. The van der Waals surface area contributed by atoms with Crippen LogP contribution < -0.4 is 10.6 Å². The average molecular weight is 256 g/mol. The predicted octanol–water partition coefficient (Wildman–Crippen LogP) is 2.61. The number of rotatable bonds is 9. The van der Waals surface area contributed by atoms with E-state index >= 15 is 0 Å². The molecular weight excluding hydrogens is 224 g/mol. The molecule has 0 aromatic rings. The molecule has 0 fully saturated rings. The lowest BCUT2D eigenvalue weighted by atomic mass is 9.70. The summed E-state index contributed by atoms with van der Waals surface area (Å²) < 4.78 is 0. The number of nitrogens with one attached hydrogen (secondary N) is 2. The fraction of sp³-hybridized carbons (Fsp3) is 0.933. The Morgan fingerprint density at radius 3 is 2.06 bits per heavy atom. The van der Waals surface area contributed by atoms with E-state index in [-0.39, 0.29) is 17.2 Å². The fourth-order valence-electron chi connectivity index (χ4n) is 2.92. The van der Waals surface area contributed by atoms with Gasteiger partial charge < -0.3 is 10.6 Å². The van der Waals surface area contributed by atoms with Gasteiger partial charge in [0.1, 0.15) is 5.78 Å². The van der Waals surface area contributed by atoms with E-state index in [9.17, 15) is 4.79 Å². The standard InChI is InChI=1S/C15H32N2O/c1-12(18)13(17-7)10-15(4,5)11-14(2,3)8-9-16-6/h13,16-17H,8-11H2,1-7H3/t13-/m1/s1. The minimum Gasteiger partial charge on any atom is -0.320 e. The van der Waals surface area contributed by atoms with Gasteiger partial charge in [-0.2, -0.15) is 0 Å². The summed E-state index contributed by atoms with van der Waals surface area (Å²) in [6.07, 6.45) is 3.20. The van der Waals surface area contributed by atoms with E-state index in [0.717, 1.165) is 25.8 Å². The van der Waals surface area contributed by atoms with E-state index in [1.807, 2.05) is 14.1 Å². The van der Waals surface area contributed by atoms with Crippen molar-refractivity contribution in [2.24, 2.45) is 10.8 Å². The number of carbonyl (C=O) groups is 1. The number of ketones is 1. The topological polar surface area (TPSA) is 41.1 Å². The second kappa shape index (κ2) is 7.25. The van der Waals surface area contributed by atoms with Crippen LogP contribution in [-0.2, 0) is 4.79 Å². The molecule has 0 bridgehead atoms. The van der Waals surface area contributed by atoms with Crippen molar-refractivity contribution in [3.8, 4) is 0 Å². The Kier molecular flexibility index (Phi) is 7.08. The molecule has 0 aliphatic rings. The van der Waals surface area contributed by atoms with Crippen LogP contribution in [-0.4, -0.2) is 32.5 Å². The second-order valence-corrected chi connectivity index (χ2v) is 7.01. The van der Waals surface area contributed by atoms with Gasteiger partial charge in [0.05, 0.1) is 6.04 Å². The molecule has 1 atom stereocenters. The molecule has 0 unspecified atom stereocenters. The van der Waals surface area contributed by atoms with Gasteiger partial charge in [-0.15, -0.1) is 0 Å². The van der Waals surface area contributed by atoms with Gasteiger partial charge in [0.25, 0.3) is 0 Å². The molecule has 108 valence electrons. The maximum absolute atomic E-state index is 11.5. The normalized spacial score (nSPS) is 14.6. The predicted molar refractivity (Wildman–Crippen MR) is 78.9 cm³/mol. The Hall–Kier alpha value is -0.410. The van der Waals surface area contributed by atoms with Gasteiger partial charge in [0.15, 0.2) is 0 Å². The summed E-state index contributed by atoms with van der Waals surface area (Å²) in [5.41, 5.74) is 0.484. The van der Waals surface area contributed by atoms with Gasteiger partial charge >= 0.3 is 0 Å². The van der Waals surface area contributed by atoms with Crippen molar-refractivity contribution >= 4 is 5.78 Å². The molecule has 0 rings (SSSR count). The van der Waals surface area contributed by atoms with Crippen LogP contribution in [0.15, 0.2) is 0 Å². The zero-order chi connectivity index (χ0) is 14.4. The molecule has 0 heterocycles. The lowest BCUT2D eigenvalue weighted by Gasteiger charge is -2.37. The van der Waals surface area contributed by atoms with Crippen molar-refractivity contribution in [3.05, 3.63) is 0 Å². The molecular formula is C15H32N2O. The highest BCUT2D eigenvalue weighted by Gasteiger charge is 2.31. The molecule has 0 amide bonds. The first-order chi connectivity index (χ1) is 8.13. The van der Waals surface area contributed by atoms with Crippen LogP contribution >= 0.6 is 0 Å². The average Bonchev–Trinajstić information content (AvgIpc) is 2.21. The van der Waals surface area contributed by atoms with Gasteiger partial charge in [-0.3, -0.25) is 4.79 Å². The van der Waals surface area contributed by atoms with Crippen molar-refractivity contribution in [2.45, 2.75) is 59.9 Å². The van der Waals surface area contributed by atoms with Crippen LogP contribution in [0.3, 0.4) is 0 Å². The number of likely N-dealkylation sites (N-methyl/N-ethyl adjacent to an activating group) is 1. The number of Topliss-reactive ketones (excluding diaryl/α,β-unsaturated/α-hetero) is 1. The zero-order valence-electron chi connectivity index (χ0n) is 13.3. The molecule has 0 radical (unpaired) electrons. The van der Waals surface area contributed by atoms with Gasteiger partial charge in [-0.25, -0.2) is 0 Å². The van der Waals surface area contributed by atoms with Crippen molar-refractivity contribution < 1.29 is 4.79 Å². The second-order valence-electron chi connectivity index (χ2n) is 7.01. The molecule has 0 spiro atoms. The maximum atomic E-state index is 11.5.